The zero-order valence-electron chi connectivity index (χ0n) is 13.6. The molecule has 1 aromatic carbocycles. The molecule has 1 aliphatic heterocycles. The van der Waals surface area contributed by atoms with Crippen LogP contribution in [0.1, 0.15) is 24.7 Å². The van der Waals surface area contributed by atoms with Gasteiger partial charge in [-0.3, -0.25) is 4.90 Å². The molecule has 2 aromatic rings. The van der Waals surface area contributed by atoms with Crippen LogP contribution in [0.4, 0.5) is 0 Å². The number of benzene rings is 1. The summed E-state index contributed by atoms with van der Waals surface area (Å²) in [5, 5.41) is 9.21. The molecule has 0 N–H and O–H groups in total. The summed E-state index contributed by atoms with van der Waals surface area (Å²) in [6, 6.07) is 13.3. The van der Waals surface area contributed by atoms with Gasteiger partial charge in [-0.1, -0.05) is 19.1 Å². The van der Waals surface area contributed by atoms with Crippen molar-refractivity contribution >= 4 is 9.84 Å². The Bertz CT molecular complexity index is 864. The van der Waals surface area contributed by atoms with Crippen molar-refractivity contribution in [1.29, 1.82) is 5.26 Å². The fourth-order valence-electron chi connectivity index (χ4n) is 3.17. The maximum atomic E-state index is 11.7. The normalized spacial score (nSPS) is 19.5. The first-order valence-electron chi connectivity index (χ1n) is 8.05. The van der Waals surface area contributed by atoms with Crippen LogP contribution in [0.15, 0.2) is 40.8 Å². The third kappa shape index (κ3) is 3.53. The summed E-state index contributed by atoms with van der Waals surface area (Å²) < 4.78 is 29.3. The van der Waals surface area contributed by atoms with Crippen LogP contribution in [-0.2, 0) is 16.4 Å². The van der Waals surface area contributed by atoms with E-state index in [0.717, 1.165) is 17.9 Å². The topological polar surface area (TPSA) is 74.3 Å². The summed E-state index contributed by atoms with van der Waals surface area (Å²) in [6.45, 7) is 3.37. The average Bonchev–Trinajstić information content (AvgIpc) is 3.18. The second-order valence-electron chi connectivity index (χ2n) is 6.04. The number of nitriles is 1. The standard InChI is InChI=1S/C18H20N2O3S/c1-2-20(15-9-10-24(21,22)13-15)12-16-7-8-18(23-16)17-6-4-3-5-14(17)11-19/h3-8,15H,2,9-10,12-13H2,1H3/t15-/m0/s1. The van der Waals surface area contributed by atoms with Gasteiger partial charge in [0.25, 0.3) is 0 Å². The Morgan fingerprint density at radius 1 is 1.29 bits per heavy atom. The van der Waals surface area contributed by atoms with Crippen LogP contribution in [-0.4, -0.2) is 37.4 Å². The quantitative estimate of drug-likeness (QED) is 0.834. The minimum absolute atomic E-state index is 0.0555. The first-order valence-corrected chi connectivity index (χ1v) is 9.87. The largest absolute Gasteiger partial charge is 0.460 e. The monoisotopic (exact) mass is 344 g/mol. The van der Waals surface area contributed by atoms with E-state index >= 15 is 0 Å². The highest BCUT2D eigenvalue weighted by Gasteiger charge is 2.31. The summed E-state index contributed by atoms with van der Waals surface area (Å²) in [6.07, 6.45) is 0.682. The number of hydrogen-bond acceptors (Lipinski definition) is 5. The van der Waals surface area contributed by atoms with Crippen molar-refractivity contribution in [3.63, 3.8) is 0 Å². The Morgan fingerprint density at radius 2 is 2.08 bits per heavy atom. The molecule has 3 rings (SSSR count). The number of sulfone groups is 1. The minimum Gasteiger partial charge on any atom is -0.460 e. The van der Waals surface area contributed by atoms with Gasteiger partial charge in [0, 0.05) is 11.6 Å². The van der Waals surface area contributed by atoms with E-state index in [9.17, 15) is 13.7 Å². The summed E-state index contributed by atoms with van der Waals surface area (Å²) >= 11 is 0. The fourth-order valence-corrected chi connectivity index (χ4v) is 4.93. The highest BCUT2D eigenvalue weighted by Crippen LogP contribution is 2.27. The molecule has 0 spiro atoms. The molecule has 24 heavy (non-hydrogen) atoms. The van der Waals surface area contributed by atoms with Crippen LogP contribution in [0.25, 0.3) is 11.3 Å². The number of hydrogen-bond donors (Lipinski definition) is 0. The van der Waals surface area contributed by atoms with Crippen molar-refractivity contribution in [1.82, 2.24) is 4.90 Å². The molecule has 0 radical (unpaired) electrons. The molecule has 0 saturated carbocycles. The lowest BCUT2D eigenvalue weighted by molar-refractivity contribution is 0.199. The van der Waals surface area contributed by atoms with Crippen molar-refractivity contribution in [3.8, 4) is 17.4 Å². The van der Waals surface area contributed by atoms with Gasteiger partial charge in [-0.15, -0.1) is 0 Å². The molecular weight excluding hydrogens is 324 g/mol. The minimum atomic E-state index is -2.90. The van der Waals surface area contributed by atoms with Crippen LogP contribution < -0.4 is 0 Å². The Balaban J connectivity index is 1.77. The predicted octanol–water partition coefficient (Wildman–Crippen LogP) is 2.83. The highest BCUT2D eigenvalue weighted by atomic mass is 32.2. The van der Waals surface area contributed by atoms with Gasteiger partial charge in [0.1, 0.15) is 11.5 Å². The Hall–Kier alpha value is -2.10. The lowest BCUT2D eigenvalue weighted by Crippen LogP contribution is -2.35. The van der Waals surface area contributed by atoms with E-state index in [4.69, 9.17) is 4.42 Å². The molecule has 0 unspecified atom stereocenters. The van der Waals surface area contributed by atoms with E-state index in [-0.39, 0.29) is 17.5 Å². The Morgan fingerprint density at radius 3 is 2.75 bits per heavy atom. The average molecular weight is 344 g/mol. The van der Waals surface area contributed by atoms with Crippen LogP contribution in [0.2, 0.25) is 0 Å². The number of rotatable bonds is 5. The maximum absolute atomic E-state index is 11.7. The van der Waals surface area contributed by atoms with Gasteiger partial charge in [-0.05, 0) is 37.2 Å². The van der Waals surface area contributed by atoms with Crippen molar-refractivity contribution in [2.24, 2.45) is 0 Å². The lowest BCUT2D eigenvalue weighted by atomic mass is 10.1. The van der Waals surface area contributed by atoms with Crippen LogP contribution >= 0.6 is 0 Å². The first-order chi connectivity index (χ1) is 11.5. The molecule has 5 nitrogen and oxygen atoms in total. The van der Waals surface area contributed by atoms with E-state index in [1.54, 1.807) is 6.07 Å². The van der Waals surface area contributed by atoms with E-state index in [2.05, 4.69) is 11.0 Å². The van der Waals surface area contributed by atoms with Crippen molar-refractivity contribution in [2.45, 2.75) is 25.9 Å². The maximum Gasteiger partial charge on any atom is 0.151 e. The summed E-state index contributed by atoms with van der Waals surface area (Å²) in [7, 11) is -2.90. The van der Waals surface area contributed by atoms with Crippen LogP contribution in [0.5, 0.6) is 0 Å². The molecule has 1 fully saturated rings. The SMILES string of the molecule is CCN(Cc1ccc(-c2ccccc2C#N)o1)[C@H]1CCS(=O)(=O)C1. The second kappa shape index (κ2) is 6.80. The van der Waals surface area contributed by atoms with Crippen LogP contribution in [0, 0.1) is 11.3 Å². The molecule has 1 aromatic heterocycles. The van der Waals surface area contributed by atoms with E-state index in [0.29, 0.717) is 24.3 Å². The predicted molar refractivity (Wildman–Crippen MR) is 92.0 cm³/mol. The second-order valence-corrected chi connectivity index (χ2v) is 8.27. The van der Waals surface area contributed by atoms with Gasteiger partial charge in [0.05, 0.1) is 29.7 Å². The third-order valence-electron chi connectivity index (χ3n) is 4.46. The number of nitrogens with zero attached hydrogens (tertiary/aromatic N) is 2. The molecule has 0 bridgehead atoms. The van der Waals surface area contributed by atoms with Gasteiger partial charge in [0.2, 0.25) is 0 Å². The lowest BCUT2D eigenvalue weighted by Gasteiger charge is -2.25. The summed E-state index contributed by atoms with van der Waals surface area (Å²) in [5.41, 5.74) is 1.35. The van der Waals surface area contributed by atoms with Crippen LogP contribution in [0.3, 0.4) is 0 Å². The molecule has 2 heterocycles. The molecule has 6 heteroatoms. The van der Waals surface area contributed by atoms with Crippen molar-refractivity contribution in [3.05, 3.63) is 47.7 Å². The van der Waals surface area contributed by atoms with Gasteiger partial charge in [-0.25, -0.2) is 8.42 Å². The van der Waals surface area contributed by atoms with Gasteiger partial charge in [-0.2, -0.15) is 5.26 Å². The first kappa shape index (κ1) is 16.7. The third-order valence-corrected chi connectivity index (χ3v) is 6.21. The zero-order chi connectivity index (χ0) is 17.2. The molecule has 0 amide bonds. The van der Waals surface area contributed by atoms with Crippen molar-refractivity contribution in [2.75, 3.05) is 18.1 Å². The highest BCUT2D eigenvalue weighted by molar-refractivity contribution is 7.91. The molecule has 1 atom stereocenters. The van der Waals surface area contributed by atoms with Gasteiger partial charge < -0.3 is 4.42 Å². The number of furan rings is 1. The summed E-state index contributed by atoms with van der Waals surface area (Å²) in [4.78, 5) is 2.14. The molecule has 0 aliphatic carbocycles. The summed E-state index contributed by atoms with van der Waals surface area (Å²) in [5.74, 6) is 1.94. The van der Waals surface area contributed by atoms with Gasteiger partial charge >= 0.3 is 0 Å². The van der Waals surface area contributed by atoms with E-state index in [1.807, 2.05) is 37.3 Å². The van der Waals surface area contributed by atoms with E-state index in [1.165, 1.54) is 0 Å². The van der Waals surface area contributed by atoms with Gasteiger partial charge in [0.15, 0.2) is 9.84 Å². The fraction of sp³-hybridized carbons (Fsp3) is 0.389. The van der Waals surface area contributed by atoms with E-state index < -0.39 is 9.84 Å². The molecule has 1 saturated heterocycles. The molecular formula is C18H20N2O3S. The zero-order valence-corrected chi connectivity index (χ0v) is 14.4. The van der Waals surface area contributed by atoms with Crippen molar-refractivity contribution < 1.29 is 12.8 Å². The smallest absolute Gasteiger partial charge is 0.151 e. The Kier molecular flexibility index (Phi) is 4.74. The Labute approximate surface area is 142 Å². The molecule has 1 aliphatic rings. The molecule has 126 valence electrons.